The molecule has 0 aliphatic carbocycles. The van der Waals surface area contributed by atoms with Crippen LogP contribution in [0.3, 0.4) is 0 Å². The number of anilines is 2. The standard InChI is InChI=1S/C22H19Cl2N3O4S2/c1-2-31-20(29)10-15-11-33-22(26-15)27-19(28)12-32-16-5-3-4-14(9-16)25-21(30)17-7-6-13(23)8-18(17)24/h3-9,11H,2,10,12H2,1H3,(H,25,30)(H,26,27,28). The van der Waals surface area contributed by atoms with E-state index in [4.69, 9.17) is 27.9 Å². The molecule has 3 rings (SSSR count). The topological polar surface area (TPSA) is 97.4 Å². The van der Waals surface area contributed by atoms with Crippen LogP contribution >= 0.6 is 46.3 Å². The molecule has 0 fully saturated rings. The number of ether oxygens (including phenoxy) is 1. The minimum Gasteiger partial charge on any atom is -0.466 e. The third-order valence-electron chi connectivity index (χ3n) is 4.07. The van der Waals surface area contributed by atoms with E-state index < -0.39 is 0 Å². The van der Waals surface area contributed by atoms with Gasteiger partial charge in [0, 0.05) is 21.0 Å². The van der Waals surface area contributed by atoms with Crippen molar-refractivity contribution in [3.63, 3.8) is 0 Å². The summed E-state index contributed by atoms with van der Waals surface area (Å²) in [5.41, 5.74) is 1.43. The van der Waals surface area contributed by atoms with Crippen LogP contribution in [0.5, 0.6) is 0 Å². The zero-order valence-corrected chi connectivity index (χ0v) is 20.5. The Balaban J connectivity index is 1.52. The molecule has 7 nitrogen and oxygen atoms in total. The monoisotopic (exact) mass is 523 g/mol. The van der Waals surface area contributed by atoms with Gasteiger partial charge in [0.25, 0.3) is 5.91 Å². The fraction of sp³-hybridized carbons (Fsp3) is 0.182. The highest BCUT2D eigenvalue weighted by atomic mass is 35.5. The first-order valence-electron chi connectivity index (χ1n) is 9.73. The number of benzene rings is 2. The molecule has 2 amide bonds. The third kappa shape index (κ3) is 7.75. The highest BCUT2D eigenvalue weighted by Gasteiger charge is 2.13. The molecule has 2 N–H and O–H groups in total. The molecule has 33 heavy (non-hydrogen) atoms. The number of hydrogen-bond donors (Lipinski definition) is 2. The van der Waals surface area contributed by atoms with Crippen LogP contribution in [0.2, 0.25) is 10.0 Å². The number of carbonyl (C=O) groups excluding carboxylic acids is 3. The second-order valence-electron chi connectivity index (χ2n) is 6.57. The van der Waals surface area contributed by atoms with Crippen molar-refractivity contribution in [2.24, 2.45) is 0 Å². The van der Waals surface area contributed by atoms with Gasteiger partial charge < -0.3 is 15.4 Å². The Morgan fingerprint density at radius 2 is 1.94 bits per heavy atom. The van der Waals surface area contributed by atoms with Gasteiger partial charge in [-0.05, 0) is 43.3 Å². The van der Waals surface area contributed by atoms with E-state index in [1.807, 2.05) is 6.07 Å². The van der Waals surface area contributed by atoms with Gasteiger partial charge in [-0.15, -0.1) is 23.1 Å². The van der Waals surface area contributed by atoms with Gasteiger partial charge in [0.2, 0.25) is 5.91 Å². The average molecular weight is 524 g/mol. The molecule has 0 spiro atoms. The fourth-order valence-electron chi connectivity index (χ4n) is 2.65. The van der Waals surface area contributed by atoms with Crippen molar-refractivity contribution in [3.05, 3.63) is 69.1 Å². The third-order valence-corrected chi connectivity index (χ3v) is 6.41. The van der Waals surface area contributed by atoms with E-state index in [1.54, 1.807) is 42.6 Å². The van der Waals surface area contributed by atoms with Crippen LogP contribution in [-0.2, 0) is 20.7 Å². The van der Waals surface area contributed by atoms with Gasteiger partial charge in [-0.25, -0.2) is 4.98 Å². The van der Waals surface area contributed by atoms with Gasteiger partial charge in [-0.2, -0.15) is 0 Å². The number of aromatic nitrogens is 1. The molecule has 0 unspecified atom stereocenters. The van der Waals surface area contributed by atoms with Crippen LogP contribution in [0.4, 0.5) is 10.8 Å². The molecule has 0 aliphatic heterocycles. The lowest BCUT2D eigenvalue weighted by molar-refractivity contribution is -0.142. The summed E-state index contributed by atoms with van der Waals surface area (Å²) in [5, 5.41) is 8.33. The summed E-state index contributed by atoms with van der Waals surface area (Å²) < 4.78 is 4.89. The Hall–Kier alpha value is -2.59. The van der Waals surface area contributed by atoms with Gasteiger partial charge in [0.15, 0.2) is 5.13 Å². The molecule has 11 heteroatoms. The number of amides is 2. The van der Waals surface area contributed by atoms with Gasteiger partial charge in [-0.3, -0.25) is 14.4 Å². The van der Waals surface area contributed by atoms with Gasteiger partial charge in [0.1, 0.15) is 0 Å². The summed E-state index contributed by atoms with van der Waals surface area (Å²) in [6.45, 7) is 2.05. The molecule has 0 atom stereocenters. The summed E-state index contributed by atoms with van der Waals surface area (Å²) in [4.78, 5) is 41.3. The SMILES string of the molecule is CCOC(=O)Cc1csc(NC(=O)CSc2cccc(NC(=O)c3ccc(Cl)cc3Cl)c2)n1. The molecule has 1 aromatic heterocycles. The van der Waals surface area contributed by atoms with Crippen LogP contribution in [0.1, 0.15) is 23.0 Å². The van der Waals surface area contributed by atoms with Crippen LogP contribution in [-0.4, -0.2) is 35.1 Å². The lowest BCUT2D eigenvalue weighted by Crippen LogP contribution is -2.14. The molecule has 172 valence electrons. The van der Waals surface area contributed by atoms with Crippen molar-refractivity contribution < 1.29 is 19.1 Å². The molecular formula is C22H19Cl2N3O4S2. The summed E-state index contributed by atoms with van der Waals surface area (Å²) in [6, 6.07) is 11.8. The van der Waals surface area contributed by atoms with Crippen LogP contribution in [0.15, 0.2) is 52.7 Å². The zero-order chi connectivity index (χ0) is 23.8. The minimum absolute atomic E-state index is 0.0642. The van der Waals surface area contributed by atoms with Crippen molar-refractivity contribution >= 4 is 74.9 Å². The van der Waals surface area contributed by atoms with E-state index in [2.05, 4.69) is 15.6 Å². The van der Waals surface area contributed by atoms with E-state index in [9.17, 15) is 14.4 Å². The Morgan fingerprint density at radius 1 is 1.12 bits per heavy atom. The quantitative estimate of drug-likeness (QED) is 0.282. The molecule has 0 saturated heterocycles. The maximum Gasteiger partial charge on any atom is 0.311 e. The molecular weight excluding hydrogens is 505 g/mol. The largest absolute Gasteiger partial charge is 0.466 e. The Kier molecular flexibility index (Phi) is 9.13. The van der Waals surface area contributed by atoms with E-state index in [0.717, 1.165) is 4.90 Å². The highest BCUT2D eigenvalue weighted by Crippen LogP contribution is 2.25. The number of carbonyl (C=O) groups is 3. The maximum absolute atomic E-state index is 12.5. The molecule has 0 aliphatic rings. The number of thiazole rings is 1. The lowest BCUT2D eigenvalue weighted by atomic mass is 10.2. The van der Waals surface area contributed by atoms with E-state index >= 15 is 0 Å². The first-order valence-corrected chi connectivity index (χ1v) is 12.3. The number of hydrogen-bond acceptors (Lipinski definition) is 7. The lowest BCUT2D eigenvalue weighted by Gasteiger charge is -2.09. The number of esters is 1. The van der Waals surface area contributed by atoms with E-state index in [1.165, 1.54) is 29.2 Å². The van der Waals surface area contributed by atoms with E-state index in [-0.39, 0.29) is 35.0 Å². The fourth-order valence-corrected chi connectivity index (χ4v) is 4.62. The number of nitrogens with one attached hydrogen (secondary N) is 2. The van der Waals surface area contributed by atoms with Crippen molar-refractivity contribution in [2.45, 2.75) is 18.2 Å². The van der Waals surface area contributed by atoms with Crippen LogP contribution in [0.25, 0.3) is 0 Å². The minimum atomic E-state index is -0.362. The van der Waals surface area contributed by atoms with Crippen LogP contribution < -0.4 is 10.6 Å². The van der Waals surface area contributed by atoms with E-state index in [0.29, 0.717) is 33.7 Å². The predicted octanol–water partition coefficient (Wildman–Crippen LogP) is 5.54. The summed E-state index contributed by atoms with van der Waals surface area (Å²) in [6.07, 6.45) is 0.0642. The molecule has 2 aromatic carbocycles. The van der Waals surface area contributed by atoms with Crippen molar-refractivity contribution in [2.75, 3.05) is 23.0 Å². The van der Waals surface area contributed by atoms with Gasteiger partial charge in [0.05, 0.1) is 35.1 Å². The predicted molar refractivity (Wildman–Crippen MR) is 133 cm³/mol. The summed E-state index contributed by atoms with van der Waals surface area (Å²) >= 11 is 14.5. The smallest absolute Gasteiger partial charge is 0.311 e. The first-order chi connectivity index (χ1) is 15.8. The molecule has 3 aromatic rings. The Labute approximate surface area is 208 Å². The molecule has 0 radical (unpaired) electrons. The van der Waals surface area contributed by atoms with Gasteiger partial charge >= 0.3 is 5.97 Å². The van der Waals surface area contributed by atoms with Crippen molar-refractivity contribution in [3.8, 4) is 0 Å². The normalized spacial score (nSPS) is 10.5. The Morgan fingerprint density at radius 3 is 2.70 bits per heavy atom. The maximum atomic E-state index is 12.5. The number of nitrogens with zero attached hydrogens (tertiary/aromatic N) is 1. The second kappa shape index (κ2) is 12.0. The zero-order valence-electron chi connectivity index (χ0n) is 17.4. The average Bonchev–Trinajstić information content (AvgIpc) is 3.19. The summed E-state index contributed by atoms with van der Waals surface area (Å²) in [5.74, 6) is -0.812. The molecule has 0 saturated carbocycles. The number of thioether (sulfide) groups is 1. The Bertz CT molecular complexity index is 1170. The summed E-state index contributed by atoms with van der Waals surface area (Å²) in [7, 11) is 0. The first kappa shape index (κ1) is 25.0. The van der Waals surface area contributed by atoms with Crippen LogP contribution in [0, 0.1) is 0 Å². The van der Waals surface area contributed by atoms with Crippen molar-refractivity contribution in [1.82, 2.24) is 4.98 Å². The number of rotatable bonds is 9. The number of halogens is 2. The molecule has 0 bridgehead atoms. The molecule has 1 heterocycles. The van der Waals surface area contributed by atoms with Gasteiger partial charge in [-0.1, -0.05) is 29.3 Å². The highest BCUT2D eigenvalue weighted by molar-refractivity contribution is 8.00. The second-order valence-corrected chi connectivity index (χ2v) is 9.32. The van der Waals surface area contributed by atoms with Crippen molar-refractivity contribution in [1.29, 1.82) is 0 Å².